The van der Waals surface area contributed by atoms with Crippen molar-refractivity contribution in [3.8, 4) is 0 Å². The highest BCUT2D eigenvalue weighted by Crippen LogP contribution is 2.37. The van der Waals surface area contributed by atoms with Crippen LogP contribution in [-0.4, -0.2) is 34.5 Å². The molecule has 0 spiro atoms. The maximum absolute atomic E-state index is 13.2. The third-order valence-electron chi connectivity index (χ3n) is 4.56. The molecule has 146 valence electrons. The van der Waals surface area contributed by atoms with Crippen LogP contribution in [0.5, 0.6) is 0 Å². The van der Waals surface area contributed by atoms with E-state index in [0.29, 0.717) is 21.9 Å². The summed E-state index contributed by atoms with van der Waals surface area (Å²) in [6.45, 7) is 8.06. The quantitative estimate of drug-likeness (QED) is 0.346. The highest BCUT2D eigenvalue weighted by molar-refractivity contribution is 8.00. The lowest BCUT2D eigenvalue weighted by molar-refractivity contribution is -0.128. The average Bonchev–Trinajstić information content (AvgIpc) is 2.96. The van der Waals surface area contributed by atoms with Crippen LogP contribution in [0, 0.1) is 13.8 Å². The van der Waals surface area contributed by atoms with Gasteiger partial charge < -0.3 is 4.90 Å². The summed E-state index contributed by atoms with van der Waals surface area (Å²) >= 11 is 2.82. The molecule has 0 bridgehead atoms. The number of thiophene rings is 1. The van der Waals surface area contributed by atoms with Crippen molar-refractivity contribution in [2.45, 2.75) is 30.8 Å². The molecule has 3 rings (SSSR count). The van der Waals surface area contributed by atoms with Crippen molar-refractivity contribution in [2.24, 2.45) is 0 Å². The number of likely N-dealkylation sites (N-methyl/N-ethyl adjacent to an activating group) is 1. The van der Waals surface area contributed by atoms with E-state index in [2.05, 4.69) is 6.58 Å². The Kier molecular flexibility index (Phi) is 6.05. The number of carbonyl (C=O) groups is 1. The molecule has 1 atom stereocenters. The first kappa shape index (κ1) is 20.4. The van der Waals surface area contributed by atoms with Gasteiger partial charge in [-0.25, -0.2) is 4.98 Å². The van der Waals surface area contributed by atoms with Crippen LogP contribution in [0.15, 0.2) is 52.9 Å². The molecular formula is C21H23N3O2S2. The molecule has 1 amide bonds. The summed E-state index contributed by atoms with van der Waals surface area (Å²) in [4.78, 5) is 34.2. The summed E-state index contributed by atoms with van der Waals surface area (Å²) in [6.07, 6.45) is 1.68. The normalized spacial score (nSPS) is 12.1. The second kappa shape index (κ2) is 8.32. The van der Waals surface area contributed by atoms with Crippen LogP contribution in [0.3, 0.4) is 0 Å². The summed E-state index contributed by atoms with van der Waals surface area (Å²) < 4.78 is 1.61. The third-order valence-corrected chi connectivity index (χ3v) is 6.89. The van der Waals surface area contributed by atoms with Gasteiger partial charge in [0.2, 0.25) is 5.91 Å². The molecule has 0 aliphatic heterocycles. The Labute approximate surface area is 172 Å². The van der Waals surface area contributed by atoms with E-state index < -0.39 is 5.25 Å². The Morgan fingerprint density at radius 1 is 1.32 bits per heavy atom. The van der Waals surface area contributed by atoms with Crippen molar-refractivity contribution < 1.29 is 4.79 Å². The van der Waals surface area contributed by atoms with Gasteiger partial charge in [-0.05, 0) is 25.0 Å². The van der Waals surface area contributed by atoms with Crippen molar-refractivity contribution in [3.05, 3.63) is 69.3 Å². The number of nitrogens with zero attached hydrogens (tertiary/aromatic N) is 3. The summed E-state index contributed by atoms with van der Waals surface area (Å²) in [5.74, 6) is -0.0470. The Bertz CT molecular complexity index is 1080. The van der Waals surface area contributed by atoms with E-state index >= 15 is 0 Å². The largest absolute Gasteiger partial charge is 0.348 e. The zero-order valence-electron chi connectivity index (χ0n) is 16.4. The van der Waals surface area contributed by atoms with E-state index in [0.717, 1.165) is 16.0 Å². The van der Waals surface area contributed by atoms with Gasteiger partial charge in [-0.2, -0.15) is 0 Å². The molecule has 7 heteroatoms. The van der Waals surface area contributed by atoms with Crippen molar-refractivity contribution in [3.63, 3.8) is 0 Å². The van der Waals surface area contributed by atoms with Gasteiger partial charge in [-0.15, -0.1) is 17.9 Å². The summed E-state index contributed by atoms with van der Waals surface area (Å²) in [7, 11) is 3.47. The number of fused-ring (bicyclic) bond motifs is 1. The van der Waals surface area contributed by atoms with Crippen LogP contribution in [0.25, 0.3) is 10.2 Å². The van der Waals surface area contributed by atoms with Crippen LogP contribution >= 0.6 is 23.1 Å². The molecule has 1 aromatic carbocycles. The molecule has 0 fully saturated rings. The Morgan fingerprint density at radius 2 is 2.00 bits per heavy atom. The topological polar surface area (TPSA) is 55.2 Å². The lowest BCUT2D eigenvalue weighted by Crippen LogP contribution is -2.28. The Balaban J connectivity index is 2.17. The van der Waals surface area contributed by atoms with E-state index in [9.17, 15) is 9.59 Å². The van der Waals surface area contributed by atoms with Crippen LogP contribution in [0.1, 0.15) is 21.3 Å². The third kappa shape index (κ3) is 3.77. The molecular weight excluding hydrogens is 390 g/mol. The van der Waals surface area contributed by atoms with E-state index in [1.165, 1.54) is 23.1 Å². The van der Waals surface area contributed by atoms with Crippen molar-refractivity contribution >= 4 is 39.2 Å². The maximum atomic E-state index is 13.2. The highest BCUT2D eigenvalue weighted by Gasteiger charge is 2.27. The molecule has 0 N–H and O–H groups in total. The molecule has 0 aliphatic rings. The van der Waals surface area contributed by atoms with E-state index in [1.807, 2.05) is 44.2 Å². The van der Waals surface area contributed by atoms with Crippen LogP contribution in [0.4, 0.5) is 0 Å². The van der Waals surface area contributed by atoms with E-state index in [-0.39, 0.29) is 11.5 Å². The SMILES string of the molecule is C=CCn1c(S[C@H](C(=O)N(C)C)c2ccccc2)nc2sc(C)c(C)c2c1=O. The smallest absolute Gasteiger partial charge is 0.263 e. The summed E-state index contributed by atoms with van der Waals surface area (Å²) in [5.41, 5.74) is 1.76. The molecule has 0 saturated carbocycles. The van der Waals surface area contributed by atoms with Gasteiger partial charge in [0.1, 0.15) is 10.1 Å². The molecule has 0 aliphatic carbocycles. The lowest BCUT2D eigenvalue weighted by Gasteiger charge is -2.21. The number of benzene rings is 1. The number of aryl methyl sites for hydroxylation is 2. The summed E-state index contributed by atoms with van der Waals surface area (Å²) in [6, 6.07) is 9.58. The minimum absolute atomic E-state index is 0.0470. The fourth-order valence-corrected chi connectivity index (χ4v) is 5.24. The monoisotopic (exact) mass is 413 g/mol. The van der Waals surface area contributed by atoms with Gasteiger partial charge in [-0.3, -0.25) is 14.2 Å². The number of allylic oxidation sites excluding steroid dienone is 1. The summed E-state index contributed by atoms with van der Waals surface area (Å²) in [5, 5.41) is 0.699. The van der Waals surface area contributed by atoms with Gasteiger partial charge >= 0.3 is 0 Å². The average molecular weight is 414 g/mol. The number of hydrogen-bond acceptors (Lipinski definition) is 5. The number of thioether (sulfide) groups is 1. The van der Waals surface area contributed by atoms with E-state index in [1.54, 1.807) is 29.6 Å². The van der Waals surface area contributed by atoms with Crippen LogP contribution in [0.2, 0.25) is 0 Å². The zero-order chi connectivity index (χ0) is 20.4. The first-order valence-corrected chi connectivity index (χ1v) is 10.6. The van der Waals surface area contributed by atoms with Crippen molar-refractivity contribution in [2.75, 3.05) is 14.1 Å². The van der Waals surface area contributed by atoms with Crippen LogP contribution in [-0.2, 0) is 11.3 Å². The molecule has 3 aromatic rings. The highest BCUT2D eigenvalue weighted by atomic mass is 32.2. The predicted molar refractivity (Wildman–Crippen MR) is 117 cm³/mol. The lowest BCUT2D eigenvalue weighted by atomic mass is 10.1. The molecule has 2 aromatic heterocycles. The first-order valence-electron chi connectivity index (χ1n) is 8.89. The standard InChI is InChI=1S/C21H23N3O2S2/c1-6-12-24-19(25)16-13(2)14(3)27-18(16)22-21(24)28-17(20(26)23(4)5)15-10-8-7-9-11-15/h6-11,17H,1,12H2,2-5H3/t17-/m0/s1. The second-order valence-electron chi connectivity index (χ2n) is 6.70. The van der Waals surface area contributed by atoms with Crippen LogP contribution < -0.4 is 5.56 Å². The van der Waals surface area contributed by atoms with Gasteiger partial charge in [0.25, 0.3) is 5.56 Å². The second-order valence-corrected chi connectivity index (χ2v) is 8.98. The van der Waals surface area contributed by atoms with E-state index in [4.69, 9.17) is 4.98 Å². The molecule has 28 heavy (non-hydrogen) atoms. The number of amides is 1. The fraction of sp³-hybridized carbons (Fsp3) is 0.286. The first-order chi connectivity index (χ1) is 13.3. The fourth-order valence-electron chi connectivity index (χ4n) is 2.92. The molecule has 0 unspecified atom stereocenters. The number of carbonyl (C=O) groups excluding carboxylic acids is 1. The van der Waals surface area contributed by atoms with Gasteiger partial charge in [0.05, 0.1) is 5.39 Å². The zero-order valence-corrected chi connectivity index (χ0v) is 18.1. The number of hydrogen-bond donors (Lipinski definition) is 0. The Morgan fingerprint density at radius 3 is 2.61 bits per heavy atom. The number of aromatic nitrogens is 2. The molecule has 0 saturated heterocycles. The van der Waals surface area contributed by atoms with Crippen molar-refractivity contribution in [1.29, 1.82) is 0 Å². The molecule has 2 heterocycles. The predicted octanol–water partition coefficient (Wildman–Crippen LogP) is 4.18. The molecule has 0 radical (unpaired) electrons. The maximum Gasteiger partial charge on any atom is 0.263 e. The Hall–Kier alpha value is -2.38. The minimum atomic E-state index is -0.487. The molecule has 5 nitrogen and oxygen atoms in total. The number of rotatable bonds is 6. The van der Waals surface area contributed by atoms with Gasteiger partial charge in [0.15, 0.2) is 5.16 Å². The van der Waals surface area contributed by atoms with Gasteiger partial charge in [0, 0.05) is 25.5 Å². The minimum Gasteiger partial charge on any atom is -0.348 e. The van der Waals surface area contributed by atoms with Gasteiger partial charge in [-0.1, -0.05) is 48.2 Å². The van der Waals surface area contributed by atoms with Crippen molar-refractivity contribution in [1.82, 2.24) is 14.5 Å².